The normalized spacial score (nSPS) is 12.2. The second-order valence-corrected chi connectivity index (χ2v) is 11.1. The topological polar surface area (TPSA) is 40.1 Å². The van der Waals surface area contributed by atoms with Crippen LogP contribution < -0.4 is 0 Å². The summed E-state index contributed by atoms with van der Waals surface area (Å²) in [5.41, 5.74) is 9.09. The molecule has 0 saturated heterocycles. The number of pyridine rings is 2. The predicted octanol–water partition coefficient (Wildman–Crippen LogP) is 9.23. The van der Waals surface area contributed by atoms with Crippen molar-refractivity contribution >= 4 is 70.9 Å². The van der Waals surface area contributed by atoms with E-state index in [0.717, 1.165) is 33.3 Å². The van der Waals surface area contributed by atoms with E-state index in [0.29, 0.717) is 0 Å². The molecule has 200 valence electrons. The summed E-state index contributed by atoms with van der Waals surface area (Å²) < 4.78 is 7.02. The molecule has 43 heavy (non-hydrogen) atoms. The smallest absolute Gasteiger partial charge is 0.145 e. The average molecular weight is 550 g/mol. The molecular formula is C38H23N5. The van der Waals surface area contributed by atoms with Crippen LogP contribution in [0.2, 0.25) is 0 Å². The summed E-state index contributed by atoms with van der Waals surface area (Å²) in [4.78, 5) is 9.31. The number of hydrogen-bond donors (Lipinski definition) is 0. The maximum atomic E-state index is 4.73. The van der Waals surface area contributed by atoms with Gasteiger partial charge in [-0.2, -0.15) is 0 Å². The monoisotopic (exact) mass is 549 g/mol. The zero-order valence-electron chi connectivity index (χ0n) is 23.0. The highest BCUT2D eigenvalue weighted by molar-refractivity contribution is 6.30. The van der Waals surface area contributed by atoms with Crippen LogP contribution in [-0.4, -0.2) is 23.5 Å². The minimum Gasteiger partial charge on any atom is -0.309 e. The first-order valence-corrected chi connectivity index (χ1v) is 14.5. The van der Waals surface area contributed by atoms with Gasteiger partial charge in [0.25, 0.3) is 0 Å². The second-order valence-electron chi connectivity index (χ2n) is 11.1. The Hall–Kier alpha value is -5.94. The molecule has 0 bridgehead atoms. The Bertz CT molecular complexity index is 2710. The Kier molecular flexibility index (Phi) is 4.39. The molecule has 5 aromatic carbocycles. The Morgan fingerprint density at radius 3 is 1.93 bits per heavy atom. The van der Waals surface area contributed by atoms with Crippen molar-refractivity contribution in [3.63, 3.8) is 0 Å². The molecule has 0 spiro atoms. The van der Waals surface area contributed by atoms with Gasteiger partial charge in [0.2, 0.25) is 0 Å². The maximum Gasteiger partial charge on any atom is 0.145 e. The highest BCUT2D eigenvalue weighted by atomic mass is 15.0. The van der Waals surface area contributed by atoms with Crippen LogP contribution in [0.4, 0.5) is 0 Å². The first-order valence-electron chi connectivity index (χ1n) is 14.5. The van der Waals surface area contributed by atoms with E-state index in [1.165, 1.54) is 49.0 Å². The van der Waals surface area contributed by atoms with Crippen molar-refractivity contribution in [3.05, 3.63) is 140 Å². The number of benzene rings is 5. The Morgan fingerprint density at radius 1 is 0.442 bits per heavy atom. The van der Waals surface area contributed by atoms with E-state index in [2.05, 4.69) is 140 Å². The highest BCUT2D eigenvalue weighted by Crippen LogP contribution is 2.43. The zero-order valence-corrected chi connectivity index (χ0v) is 23.0. The van der Waals surface area contributed by atoms with Crippen LogP contribution in [-0.2, 0) is 0 Å². The van der Waals surface area contributed by atoms with Crippen LogP contribution in [0.25, 0.3) is 82.3 Å². The summed E-state index contributed by atoms with van der Waals surface area (Å²) in [5, 5.41) is 8.33. The van der Waals surface area contributed by atoms with Crippen molar-refractivity contribution < 1.29 is 0 Å². The molecule has 0 radical (unpaired) electrons. The van der Waals surface area contributed by atoms with Gasteiger partial charge in [-0.1, -0.05) is 54.6 Å². The molecule has 5 heterocycles. The third-order valence-corrected chi connectivity index (χ3v) is 8.96. The van der Waals surface area contributed by atoms with Crippen LogP contribution in [0.1, 0.15) is 0 Å². The van der Waals surface area contributed by atoms with E-state index in [9.17, 15) is 0 Å². The number of nitrogens with zero attached hydrogens (tertiary/aromatic N) is 5. The molecule has 0 unspecified atom stereocenters. The van der Waals surface area contributed by atoms with Gasteiger partial charge in [-0.15, -0.1) is 0 Å². The lowest BCUT2D eigenvalue weighted by Gasteiger charge is -2.11. The van der Waals surface area contributed by atoms with E-state index in [1.807, 2.05) is 18.6 Å². The van der Waals surface area contributed by atoms with E-state index in [4.69, 9.17) is 4.98 Å². The van der Waals surface area contributed by atoms with Crippen LogP contribution >= 0.6 is 0 Å². The lowest BCUT2D eigenvalue weighted by molar-refractivity contribution is 1.16. The molecule has 0 aliphatic rings. The molecule has 0 atom stereocenters. The zero-order chi connectivity index (χ0) is 28.1. The van der Waals surface area contributed by atoms with Gasteiger partial charge >= 0.3 is 0 Å². The minimum atomic E-state index is 0.948. The molecule has 5 heteroatoms. The van der Waals surface area contributed by atoms with Gasteiger partial charge in [-0.3, -0.25) is 9.38 Å². The van der Waals surface area contributed by atoms with Gasteiger partial charge in [0.1, 0.15) is 5.65 Å². The number of hydrogen-bond acceptors (Lipinski definition) is 2. The van der Waals surface area contributed by atoms with E-state index < -0.39 is 0 Å². The Morgan fingerprint density at radius 2 is 1.12 bits per heavy atom. The number of rotatable bonds is 2. The van der Waals surface area contributed by atoms with E-state index in [1.54, 1.807) is 0 Å². The van der Waals surface area contributed by atoms with Gasteiger partial charge in [0, 0.05) is 73.9 Å². The molecule has 5 aromatic heterocycles. The molecular weight excluding hydrogens is 526 g/mol. The fraction of sp³-hybridized carbons (Fsp3) is 0. The quantitative estimate of drug-likeness (QED) is 0.202. The van der Waals surface area contributed by atoms with Crippen LogP contribution in [0, 0.1) is 0 Å². The number of aromatic nitrogens is 5. The molecule has 0 aliphatic heterocycles. The van der Waals surface area contributed by atoms with Gasteiger partial charge in [-0.25, -0.2) is 4.98 Å². The average Bonchev–Trinajstić information content (AvgIpc) is 3.77. The van der Waals surface area contributed by atoms with Crippen LogP contribution in [0.5, 0.6) is 0 Å². The summed E-state index contributed by atoms with van der Waals surface area (Å²) in [6, 6.07) is 41.5. The van der Waals surface area contributed by atoms with Gasteiger partial charge < -0.3 is 9.13 Å². The van der Waals surface area contributed by atoms with Crippen molar-refractivity contribution in [2.24, 2.45) is 0 Å². The van der Waals surface area contributed by atoms with Crippen molar-refractivity contribution in [2.75, 3.05) is 0 Å². The van der Waals surface area contributed by atoms with Gasteiger partial charge in [0.05, 0.1) is 27.6 Å². The van der Waals surface area contributed by atoms with E-state index >= 15 is 0 Å². The lowest BCUT2D eigenvalue weighted by atomic mass is 10.0. The fourth-order valence-electron chi connectivity index (χ4n) is 7.23. The third-order valence-electron chi connectivity index (χ3n) is 8.96. The van der Waals surface area contributed by atoms with Crippen molar-refractivity contribution in [1.82, 2.24) is 23.5 Å². The number of imidazole rings is 1. The first-order chi connectivity index (χ1) is 21.4. The van der Waals surface area contributed by atoms with Crippen LogP contribution in [0.3, 0.4) is 0 Å². The second kappa shape index (κ2) is 8.30. The lowest BCUT2D eigenvalue weighted by Crippen LogP contribution is -1.96. The summed E-state index contributed by atoms with van der Waals surface area (Å²) >= 11 is 0. The SMILES string of the molecule is c1ccc(-n2c3ccccc3c3cc4c5c6c7cnccc7c7nccn7c6ccc5n(-c5ccccc5)c4cc32)cc1. The van der Waals surface area contributed by atoms with E-state index in [-0.39, 0.29) is 0 Å². The van der Waals surface area contributed by atoms with Gasteiger partial charge in [-0.05, 0) is 60.7 Å². The van der Waals surface area contributed by atoms with Crippen molar-refractivity contribution in [2.45, 2.75) is 0 Å². The summed E-state index contributed by atoms with van der Waals surface area (Å²) in [6.07, 6.45) is 7.80. The molecule has 10 rings (SSSR count). The third kappa shape index (κ3) is 2.95. The number of fused-ring (bicyclic) bond motifs is 13. The number of para-hydroxylation sites is 3. The van der Waals surface area contributed by atoms with Crippen molar-refractivity contribution in [3.8, 4) is 11.4 Å². The molecule has 0 fully saturated rings. The molecule has 5 nitrogen and oxygen atoms in total. The Labute approximate surface area is 245 Å². The summed E-state index contributed by atoms with van der Waals surface area (Å²) in [5.74, 6) is 0. The minimum absolute atomic E-state index is 0.948. The van der Waals surface area contributed by atoms with Gasteiger partial charge in [0.15, 0.2) is 0 Å². The molecule has 0 aliphatic carbocycles. The predicted molar refractivity (Wildman–Crippen MR) is 177 cm³/mol. The largest absolute Gasteiger partial charge is 0.309 e. The van der Waals surface area contributed by atoms with Crippen LogP contribution in [0.15, 0.2) is 140 Å². The fourth-order valence-corrected chi connectivity index (χ4v) is 7.23. The summed E-state index contributed by atoms with van der Waals surface area (Å²) in [7, 11) is 0. The highest BCUT2D eigenvalue weighted by Gasteiger charge is 2.21. The molecule has 0 saturated carbocycles. The first kappa shape index (κ1) is 22.7. The molecule has 10 aromatic rings. The molecule has 0 N–H and O–H groups in total. The Balaban J connectivity index is 1.49. The standard InChI is InChI=1S/C38H23N5/c1-3-9-24(10-4-1)42-31-14-8-7-13-26(31)28-21-29-35(22-34(28)42)43(25-11-5-2-6-12-25)33-16-15-32-37(36(29)33)30-23-39-18-17-27(30)38-40-19-20-41(32)38/h1-23H. The maximum absolute atomic E-state index is 4.73. The molecule has 0 amide bonds. The van der Waals surface area contributed by atoms with Crippen molar-refractivity contribution in [1.29, 1.82) is 0 Å². The summed E-state index contributed by atoms with van der Waals surface area (Å²) in [6.45, 7) is 0.